The molecule has 0 atom stereocenters. The highest BCUT2D eigenvalue weighted by Gasteiger charge is 2.25. The van der Waals surface area contributed by atoms with Crippen molar-refractivity contribution >= 4 is 5.78 Å². The van der Waals surface area contributed by atoms with Crippen LogP contribution in [0.25, 0.3) is 0 Å². The van der Waals surface area contributed by atoms with Crippen molar-refractivity contribution in [2.75, 3.05) is 0 Å². The number of hydrogen-bond acceptors (Lipinski definition) is 1. The predicted molar refractivity (Wildman–Crippen MR) is 75.6 cm³/mol. The Morgan fingerprint density at radius 3 is 2.28 bits per heavy atom. The van der Waals surface area contributed by atoms with Gasteiger partial charge in [-0.3, -0.25) is 4.79 Å². The molecule has 0 heterocycles. The van der Waals surface area contributed by atoms with E-state index in [0.717, 1.165) is 18.8 Å². The molecule has 0 N–H and O–H groups in total. The van der Waals surface area contributed by atoms with Gasteiger partial charge in [-0.2, -0.15) is 0 Å². The van der Waals surface area contributed by atoms with Crippen molar-refractivity contribution in [3.05, 3.63) is 35.4 Å². The molecule has 0 aromatic heterocycles. The number of benzene rings is 1. The summed E-state index contributed by atoms with van der Waals surface area (Å²) in [5.41, 5.74) is 2.43. The summed E-state index contributed by atoms with van der Waals surface area (Å²) in [5, 5.41) is 0. The summed E-state index contributed by atoms with van der Waals surface area (Å²) in [7, 11) is 0. The SMILES string of the molecule is CCC1CCC(C(=O)Cc2ccc(C)cc2)CC1. The van der Waals surface area contributed by atoms with E-state index in [1.807, 2.05) is 0 Å². The third-order valence-electron chi connectivity index (χ3n) is 4.38. The molecule has 98 valence electrons. The van der Waals surface area contributed by atoms with Gasteiger partial charge in [-0.25, -0.2) is 0 Å². The third kappa shape index (κ3) is 3.44. The molecule has 1 aromatic carbocycles. The van der Waals surface area contributed by atoms with Crippen LogP contribution in [0.3, 0.4) is 0 Å². The van der Waals surface area contributed by atoms with Crippen molar-refractivity contribution < 1.29 is 4.79 Å². The zero-order valence-electron chi connectivity index (χ0n) is 11.6. The van der Waals surface area contributed by atoms with E-state index < -0.39 is 0 Å². The Hall–Kier alpha value is -1.11. The van der Waals surface area contributed by atoms with E-state index >= 15 is 0 Å². The standard InChI is InChI=1S/C17H24O/c1-3-14-8-10-16(11-9-14)17(18)12-15-6-4-13(2)5-7-15/h4-7,14,16H,3,8-12H2,1-2H3. The fraction of sp³-hybridized carbons (Fsp3) is 0.588. The normalized spacial score (nSPS) is 23.9. The maximum atomic E-state index is 12.2. The van der Waals surface area contributed by atoms with Crippen molar-refractivity contribution in [2.24, 2.45) is 11.8 Å². The van der Waals surface area contributed by atoms with Gasteiger partial charge in [-0.05, 0) is 44.1 Å². The number of carbonyl (C=O) groups is 1. The highest BCUT2D eigenvalue weighted by Crippen LogP contribution is 2.31. The average Bonchev–Trinajstić information content (AvgIpc) is 2.41. The molecule has 0 unspecified atom stereocenters. The molecule has 0 amide bonds. The lowest BCUT2D eigenvalue weighted by Crippen LogP contribution is -2.23. The van der Waals surface area contributed by atoms with Gasteiger partial charge in [-0.1, -0.05) is 43.2 Å². The minimum atomic E-state index is 0.328. The Bertz CT molecular complexity index is 383. The monoisotopic (exact) mass is 244 g/mol. The molecule has 0 radical (unpaired) electrons. The molecule has 0 bridgehead atoms. The summed E-state index contributed by atoms with van der Waals surface area (Å²) in [4.78, 5) is 12.2. The van der Waals surface area contributed by atoms with E-state index in [4.69, 9.17) is 0 Å². The lowest BCUT2D eigenvalue weighted by molar-refractivity contribution is -0.123. The van der Waals surface area contributed by atoms with Gasteiger partial charge in [0.05, 0.1) is 0 Å². The molecule has 1 fully saturated rings. The minimum Gasteiger partial charge on any atom is -0.299 e. The van der Waals surface area contributed by atoms with Gasteiger partial charge in [0.15, 0.2) is 0 Å². The van der Waals surface area contributed by atoms with E-state index in [0.29, 0.717) is 18.1 Å². The van der Waals surface area contributed by atoms with Crippen LogP contribution in [0, 0.1) is 18.8 Å². The van der Waals surface area contributed by atoms with Crippen LogP contribution in [-0.4, -0.2) is 5.78 Å². The highest BCUT2D eigenvalue weighted by atomic mass is 16.1. The molecule has 0 saturated heterocycles. The summed E-state index contributed by atoms with van der Waals surface area (Å²) in [6, 6.07) is 8.36. The number of hydrogen-bond donors (Lipinski definition) is 0. The fourth-order valence-electron chi connectivity index (χ4n) is 2.94. The van der Waals surface area contributed by atoms with Crippen molar-refractivity contribution in [1.29, 1.82) is 0 Å². The number of Topliss-reactive ketones (excluding diaryl/α,β-unsaturated/α-hetero) is 1. The molecule has 18 heavy (non-hydrogen) atoms. The Balaban J connectivity index is 1.87. The molecule has 1 saturated carbocycles. The van der Waals surface area contributed by atoms with Crippen molar-refractivity contribution in [1.82, 2.24) is 0 Å². The summed E-state index contributed by atoms with van der Waals surface area (Å²) in [6.07, 6.45) is 6.63. The third-order valence-corrected chi connectivity index (χ3v) is 4.38. The largest absolute Gasteiger partial charge is 0.299 e. The van der Waals surface area contributed by atoms with Crippen molar-refractivity contribution in [3.8, 4) is 0 Å². The summed E-state index contributed by atoms with van der Waals surface area (Å²) in [5.74, 6) is 1.65. The lowest BCUT2D eigenvalue weighted by atomic mass is 9.78. The molecule has 0 spiro atoms. The van der Waals surface area contributed by atoms with Crippen molar-refractivity contribution in [3.63, 3.8) is 0 Å². The van der Waals surface area contributed by atoms with Crippen LogP contribution in [0.5, 0.6) is 0 Å². The van der Waals surface area contributed by atoms with E-state index in [1.54, 1.807) is 0 Å². The van der Waals surface area contributed by atoms with Crippen molar-refractivity contribution in [2.45, 2.75) is 52.4 Å². The second-order valence-corrected chi connectivity index (χ2v) is 5.75. The molecule has 1 heteroatoms. The first-order chi connectivity index (χ1) is 8.69. The van der Waals surface area contributed by atoms with E-state index in [2.05, 4.69) is 38.1 Å². The van der Waals surface area contributed by atoms with E-state index in [-0.39, 0.29) is 0 Å². The van der Waals surface area contributed by atoms with Crippen LogP contribution < -0.4 is 0 Å². The topological polar surface area (TPSA) is 17.1 Å². The Morgan fingerprint density at radius 2 is 1.72 bits per heavy atom. The predicted octanol–water partition coefficient (Wildman–Crippen LogP) is 4.32. The highest BCUT2D eigenvalue weighted by molar-refractivity contribution is 5.83. The van der Waals surface area contributed by atoms with E-state index in [9.17, 15) is 4.79 Å². The Kier molecular flexibility index (Phi) is 4.57. The number of rotatable bonds is 4. The van der Waals surface area contributed by atoms with Gasteiger partial charge in [0.1, 0.15) is 5.78 Å². The minimum absolute atomic E-state index is 0.328. The van der Waals surface area contributed by atoms with Gasteiger partial charge in [-0.15, -0.1) is 0 Å². The first kappa shape index (κ1) is 13.3. The molecule has 1 nitrogen and oxygen atoms in total. The smallest absolute Gasteiger partial charge is 0.140 e. The molecule has 1 aliphatic carbocycles. The van der Waals surface area contributed by atoms with Crippen LogP contribution in [0.1, 0.15) is 50.2 Å². The van der Waals surface area contributed by atoms with Crippen LogP contribution in [0.4, 0.5) is 0 Å². The second-order valence-electron chi connectivity index (χ2n) is 5.75. The summed E-state index contributed by atoms with van der Waals surface area (Å²) in [6.45, 7) is 4.34. The first-order valence-corrected chi connectivity index (χ1v) is 7.27. The Morgan fingerprint density at radius 1 is 1.11 bits per heavy atom. The van der Waals surface area contributed by atoms with Gasteiger partial charge >= 0.3 is 0 Å². The molecule has 1 aliphatic rings. The summed E-state index contributed by atoms with van der Waals surface area (Å²) >= 11 is 0. The lowest BCUT2D eigenvalue weighted by Gasteiger charge is -2.26. The fourth-order valence-corrected chi connectivity index (χ4v) is 2.94. The van der Waals surface area contributed by atoms with Crippen LogP contribution in [-0.2, 0) is 11.2 Å². The molecular weight excluding hydrogens is 220 g/mol. The molecule has 0 aliphatic heterocycles. The van der Waals surface area contributed by atoms with Crippen LogP contribution >= 0.6 is 0 Å². The Labute approximate surface area is 111 Å². The first-order valence-electron chi connectivity index (χ1n) is 7.27. The average molecular weight is 244 g/mol. The maximum Gasteiger partial charge on any atom is 0.140 e. The van der Waals surface area contributed by atoms with Gasteiger partial charge in [0.2, 0.25) is 0 Å². The van der Waals surface area contributed by atoms with Crippen LogP contribution in [0.15, 0.2) is 24.3 Å². The second kappa shape index (κ2) is 6.17. The zero-order chi connectivity index (χ0) is 13.0. The molecular formula is C17H24O. The van der Waals surface area contributed by atoms with Crippen LogP contribution in [0.2, 0.25) is 0 Å². The zero-order valence-corrected chi connectivity index (χ0v) is 11.6. The van der Waals surface area contributed by atoms with Gasteiger partial charge < -0.3 is 0 Å². The van der Waals surface area contributed by atoms with Gasteiger partial charge in [0.25, 0.3) is 0 Å². The van der Waals surface area contributed by atoms with Gasteiger partial charge in [0, 0.05) is 12.3 Å². The number of carbonyl (C=O) groups excluding carboxylic acids is 1. The van der Waals surface area contributed by atoms with E-state index in [1.165, 1.54) is 30.4 Å². The summed E-state index contributed by atoms with van der Waals surface area (Å²) < 4.78 is 0. The maximum absolute atomic E-state index is 12.2. The molecule has 1 aromatic rings. The number of aryl methyl sites for hydroxylation is 1. The molecule has 2 rings (SSSR count). The quantitative estimate of drug-likeness (QED) is 0.770. The number of ketones is 1.